The molecule has 0 atom stereocenters. The Bertz CT molecular complexity index is 2330. The number of benzene rings is 5. The van der Waals surface area contributed by atoms with Crippen LogP contribution in [0.4, 0.5) is 0 Å². The first kappa shape index (κ1) is 23.2. The predicted molar refractivity (Wildman–Crippen MR) is 172 cm³/mol. The van der Waals surface area contributed by atoms with Crippen molar-refractivity contribution in [3.8, 4) is 16.8 Å². The Morgan fingerprint density at radius 1 is 0.595 bits per heavy atom. The highest BCUT2D eigenvalue weighted by Gasteiger charge is 2.28. The molecule has 0 amide bonds. The number of rotatable bonds is 3. The molecule has 0 saturated heterocycles. The zero-order chi connectivity index (χ0) is 27.6. The minimum Gasteiger partial charge on any atom is -0.455 e. The molecule has 4 nitrogen and oxygen atoms in total. The van der Waals surface area contributed by atoms with Crippen molar-refractivity contribution in [2.75, 3.05) is 0 Å². The fraction of sp³-hybridized carbons (Fsp3) is 0.0526. The Morgan fingerprint density at radius 2 is 1.29 bits per heavy atom. The van der Waals surface area contributed by atoms with Gasteiger partial charge in [-0.3, -0.25) is 0 Å². The summed E-state index contributed by atoms with van der Waals surface area (Å²) < 4.78 is 9.09. The summed E-state index contributed by atoms with van der Waals surface area (Å²) in [5.74, 6) is 0.797. The molecule has 5 aromatic carbocycles. The SMILES string of the molecule is C1=C(c2ncccn2)CCc2c1c1c3c4ccccc4oc3c3ccccc3c1n2-c1ccc(-c2ccccc2)cc1. The van der Waals surface area contributed by atoms with Crippen molar-refractivity contribution >= 4 is 55.3 Å². The average molecular weight is 540 g/mol. The quantitative estimate of drug-likeness (QED) is 0.224. The van der Waals surface area contributed by atoms with E-state index in [1.54, 1.807) is 0 Å². The van der Waals surface area contributed by atoms with E-state index in [-0.39, 0.29) is 0 Å². The van der Waals surface area contributed by atoms with E-state index < -0.39 is 0 Å². The predicted octanol–water partition coefficient (Wildman–Crippen LogP) is 9.63. The lowest BCUT2D eigenvalue weighted by molar-refractivity contribution is 0.673. The van der Waals surface area contributed by atoms with Crippen molar-refractivity contribution in [1.82, 2.24) is 14.5 Å². The fourth-order valence-corrected chi connectivity index (χ4v) is 6.78. The fourth-order valence-electron chi connectivity index (χ4n) is 6.78. The lowest BCUT2D eigenvalue weighted by Crippen LogP contribution is -2.06. The number of para-hydroxylation sites is 1. The summed E-state index contributed by atoms with van der Waals surface area (Å²) in [4.78, 5) is 9.21. The number of nitrogens with zero attached hydrogens (tertiary/aromatic N) is 3. The molecule has 0 saturated carbocycles. The van der Waals surface area contributed by atoms with Gasteiger partial charge in [-0.1, -0.05) is 84.9 Å². The van der Waals surface area contributed by atoms with Gasteiger partial charge in [-0.05, 0) is 59.9 Å². The Morgan fingerprint density at radius 3 is 2.10 bits per heavy atom. The maximum atomic E-state index is 6.60. The van der Waals surface area contributed by atoms with Crippen LogP contribution in [0.5, 0.6) is 0 Å². The molecule has 8 aromatic rings. The summed E-state index contributed by atoms with van der Waals surface area (Å²) in [5.41, 5.74) is 10.3. The maximum absolute atomic E-state index is 6.60. The molecule has 1 aliphatic rings. The highest BCUT2D eigenvalue weighted by Crippen LogP contribution is 2.47. The molecule has 3 aromatic heterocycles. The van der Waals surface area contributed by atoms with Crippen molar-refractivity contribution in [1.29, 1.82) is 0 Å². The third kappa shape index (κ3) is 3.36. The molecule has 42 heavy (non-hydrogen) atoms. The van der Waals surface area contributed by atoms with Gasteiger partial charge in [0.1, 0.15) is 11.2 Å². The van der Waals surface area contributed by atoms with Gasteiger partial charge in [0, 0.05) is 56.3 Å². The van der Waals surface area contributed by atoms with Crippen molar-refractivity contribution in [3.63, 3.8) is 0 Å². The van der Waals surface area contributed by atoms with Crippen LogP contribution < -0.4 is 0 Å². The van der Waals surface area contributed by atoms with Gasteiger partial charge in [0.05, 0.1) is 5.52 Å². The zero-order valence-electron chi connectivity index (χ0n) is 22.8. The number of furan rings is 1. The monoisotopic (exact) mass is 539 g/mol. The number of aromatic nitrogens is 3. The van der Waals surface area contributed by atoms with E-state index in [4.69, 9.17) is 4.42 Å². The molecule has 1 aliphatic carbocycles. The van der Waals surface area contributed by atoms with Crippen LogP contribution in [0.25, 0.3) is 72.1 Å². The van der Waals surface area contributed by atoms with E-state index in [0.717, 1.165) is 51.9 Å². The lowest BCUT2D eigenvalue weighted by Gasteiger charge is -2.17. The minimum absolute atomic E-state index is 0.797. The van der Waals surface area contributed by atoms with Gasteiger partial charge in [-0.25, -0.2) is 9.97 Å². The standard InChI is InChI=1S/C38H25N3O/c1-2-9-24(10-3-1)25-15-18-27(19-16-25)41-32-20-17-26(38-39-21-8-22-40-38)23-31(32)34-35-30-13-6-7-14-33(30)42-37(35)29-12-5-4-11-28(29)36(34)41/h1-16,18-19,21-23H,17,20H2. The summed E-state index contributed by atoms with van der Waals surface area (Å²) in [5, 5.41) is 5.85. The van der Waals surface area contributed by atoms with E-state index in [9.17, 15) is 0 Å². The second-order valence-corrected chi connectivity index (χ2v) is 10.9. The minimum atomic E-state index is 0.797. The summed E-state index contributed by atoms with van der Waals surface area (Å²) in [6.45, 7) is 0. The highest BCUT2D eigenvalue weighted by molar-refractivity contribution is 6.32. The largest absolute Gasteiger partial charge is 0.455 e. The Kier molecular flexibility index (Phi) is 4.99. The van der Waals surface area contributed by atoms with Crippen molar-refractivity contribution < 1.29 is 4.42 Å². The Labute approximate surface area is 242 Å². The Balaban J connectivity index is 1.42. The van der Waals surface area contributed by atoms with E-state index in [1.807, 2.05) is 24.5 Å². The van der Waals surface area contributed by atoms with Crippen molar-refractivity contribution in [3.05, 3.63) is 139 Å². The molecule has 4 heteroatoms. The summed E-state index contributed by atoms with van der Waals surface area (Å²) in [6, 6.07) is 38.5. The van der Waals surface area contributed by atoms with Crippen molar-refractivity contribution in [2.24, 2.45) is 0 Å². The molecule has 0 bridgehead atoms. The van der Waals surface area contributed by atoms with Crippen LogP contribution in [0.15, 0.2) is 126 Å². The topological polar surface area (TPSA) is 43.9 Å². The second-order valence-electron chi connectivity index (χ2n) is 10.9. The molecular formula is C38H25N3O. The van der Waals surface area contributed by atoms with Crippen LogP contribution in [0.3, 0.4) is 0 Å². The van der Waals surface area contributed by atoms with Crippen LogP contribution in [-0.2, 0) is 6.42 Å². The van der Waals surface area contributed by atoms with Crippen LogP contribution in [-0.4, -0.2) is 14.5 Å². The van der Waals surface area contributed by atoms with Crippen LogP contribution in [0, 0.1) is 0 Å². The summed E-state index contributed by atoms with van der Waals surface area (Å²) in [6.07, 6.45) is 7.74. The first-order chi connectivity index (χ1) is 20.8. The normalized spacial score (nSPS) is 13.2. The van der Waals surface area contributed by atoms with E-state index in [0.29, 0.717) is 0 Å². The smallest absolute Gasteiger partial charge is 0.154 e. The third-order valence-corrected chi connectivity index (χ3v) is 8.62. The number of allylic oxidation sites excluding steroid dienone is 1. The molecule has 0 N–H and O–H groups in total. The first-order valence-corrected chi connectivity index (χ1v) is 14.4. The summed E-state index contributed by atoms with van der Waals surface area (Å²) in [7, 11) is 0. The Hall–Kier alpha value is -5.48. The third-order valence-electron chi connectivity index (χ3n) is 8.62. The van der Waals surface area contributed by atoms with Crippen LogP contribution in [0.1, 0.15) is 23.5 Å². The van der Waals surface area contributed by atoms with Crippen LogP contribution >= 0.6 is 0 Å². The first-order valence-electron chi connectivity index (χ1n) is 14.4. The number of hydrogen-bond acceptors (Lipinski definition) is 3. The highest BCUT2D eigenvalue weighted by atomic mass is 16.3. The zero-order valence-corrected chi connectivity index (χ0v) is 22.8. The molecule has 0 fully saturated rings. The van der Waals surface area contributed by atoms with Gasteiger partial charge in [0.2, 0.25) is 0 Å². The molecule has 0 unspecified atom stereocenters. The van der Waals surface area contributed by atoms with Gasteiger partial charge >= 0.3 is 0 Å². The molecule has 9 rings (SSSR count). The average Bonchev–Trinajstić information content (AvgIpc) is 3.62. The van der Waals surface area contributed by atoms with Crippen LogP contribution in [0.2, 0.25) is 0 Å². The maximum Gasteiger partial charge on any atom is 0.154 e. The van der Waals surface area contributed by atoms with Crippen molar-refractivity contribution in [2.45, 2.75) is 12.8 Å². The molecule has 3 heterocycles. The van der Waals surface area contributed by atoms with Gasteiger partial charge in [-0.2, -0.15) is 0 Å². The lowest BCUT2D eigenvalue weighted by atomic mass is 9.92. The molecule has 198 valence electrons. The number of fused-ring (bicyclic) bond motifs is 10. The van der Waals surface area contributed by atoms with Gasteiger partial charge in [-0.15, -0.1) is 0 Å². The summed E-state index contributed by atoms with van der Waals surface area (Å²) >= 11 is 0. The number of hydrogen-bond donors (Lipinski definition) is 0. The van der Waals surface area contributed by atoms with Gasteiger partial charge in [0.15, 0.2) is 5.82 Å². The molecule has 0 aliphatic heterocycles. The molecule has 0 spiro atoms. The van der Waals surface area contributed by atoms with E-state index in [2.05, 4.69) is 118 Å². The molecular weight excluding hydrogens is 514 g/mol. The van der Waals surface area contributed by atoms with Gasteiger partial charge < -0.3 is 8.98 Å². The van der Waals surface area contributed by atoms with E-state index >= 15 is 0 Å². The van der Waals surface area contributed by atoms with E-state index in [1.165, 1.54) is 44.1 Å². The molecule has 0 radical (unpaired) electrons. The second kappa shape index (κ2) is 9.02. The van der Waals surface area contributed by atoms with Gasteiger partial charge in [0.25, 0.3) is 0 Å².